The quantitative estimate of drug-likeness (QED) is 0.474. The third-order valence-corrected chi connectivity index (χ3v) is 5.30. The summed E-state index contributed by atoms with van der Waals surface area (Å²) in [6.45, 7) is 0.826. The van der Waals surface area contributed by atoms with Crippen LogP contribution >= 0.6 is 11.3 Å². The lowest BCUT2D eigenvalue weighted by molar-refractivity contribution is 0.0958. The highest BCUT2D eigenvalue weighted by molar-refractivity contribution is 7.22. The van der Waals surface area contributed by atoms with Crippen LogP contribution in [0.15, 0.2) is 66.9 Å². The average Bonchev–Trinajstić information content (AvgIpc) is 3.16. The number of aromatic nitrogens is 2. The monoisotopic (exact) mass is 404 g/mol. The molecule has 2 aromatic heterocycles. The van der Waals surface area contributed by atoms with Crippen molar-refractivity contribution in [2.45, 2.75) is 6.42 Å². The van der Waals surface area contributed by atoms with Gasteiger partial charge in [0.15, 0.2) is 5.13 Å². The lowest BCUT2D eigenvalue weighted by Gasteiger charge is -2.06. The molecule has 2 heterocycles. The first-order valence-corrected chi connectivity index (χ1v) is 10.1. The minimum atomic E-state index is -0.250. The molecule has 0 bridgehead atoms. The van der Waals surface area contributed by atoms with Gasteiger partial charge in [0.25, 0.3) is 5.91 Å². The Balaban J connectivity index is 1.43. The van der Waals surface area contributed by atoms with Crippen LogP contribution in [0.2, 0.25) is 0 Å². The van der Waals surface area contributed by atoms with Gasteiger partial charge in [-0.25, -0.2) is 4.98 Å². The number of nitrogens with zero attached hydrogens (tertiary/aromatic N) is 2. The van der Waals surface area contributed by atoms with Crippen molar-refractivity contribution in [1.82, 2.24) is 15.3 Å². The summed E-state index contributed by atoms with van der Waals surface area (Å²) < 4.78 is 6.94. The molecule has 29 heavy (non-hydrogen) atoms. The van der Waals surface area contributed by atoms with Crippen molar-refractivity contribution in [2.24, 2.45) is 0 Å². The number of amides is 1. The number of fused-ring (bicyclic) bond motifs is 1. The number of benzene rings is 2. The van der Waals surface area contributed by atoms with Crippen molar-refractivity contribution in [2.75, 3.05) is 18.9 Å². The Labute approximate surface area is 172 Å². The molecule has 146 valence electrons. The highest BCUT2D eigenvalue weighted by Crippen LogP contribution is 2.31. The second kappa shape index (κ2) is 8.70. The molecule has 2 aromatic carbocycles. The fraction of sp³-hybridized carbons (Fsp3) is 0.136. The molecule has 0 spiro atoms. The van der Waals surface area contributed by atoms with Gasteiger partial charge in [-0.05, 0) is 30.2 Å². The molecule has 1 amide bonds. The van der Waals surface area contributed by atoms with E-state index in [1.807, 2.05) is 24.3 Å². The maximum absolute atomic E-state index is 11.7. The molecular weight excluding hydrogens is 384 g/mol. The summed E-state index contributed by atoms with van der Waals surface area (Å²) in [5.74, 6) is 0.995. The number of anilines is 1. The average molecular weight is 404 g/mol. The van der Waals surface area contributed by atoms with Crippen LogP contribution in [-0.4, -0.2) is 29.5 Å². The first-order valence-electron chi connectivity index (χ1n) is 9.25. The molecule has 0 radical (unpaired) electrons. The Morgan fingerprint density at radius 3 is 2.72 bits per heavy atom. The molecule has 7 heteroatoms. The molecule has 0 unspecified atom stereocenters. The second-order valence-corrected chi connectivity index (χ2v) is 7.40. The van der Waals surface area contributed by atoms with Gasteiger partial charge in [-0.2, -0.15) is 0 Å². The van der Waals surface area contributed by atoms with Crippen LogP contribution in [0.4, 0.5) is 5.13 Å². The Morgan fingerprint density at radius 1 is 1.07 bits per heavy atom. The van der Waals surface area contributed by atoms with Crippen LogP contribution < -0.4 is 15.4 Å². The van der Waals surface area contributed by atoms with Crippen LogP contribution in [0.3, 0.4) is 0 Å². The van der Waals surface area contributed by atoms with E-state index in [0.29, 0.717) is 17.2 Å². The van der Waals surface area contributed by atoms with Gasteiger partial charge in [0.2, 0.25) is 0 Å². The predicted molar refractivity (Wildman–Crippen MR) is 116 cm³/mol. The summed E-state index contributed by atoms with van der Waals surface area (Å²) in [6.07, 6.45) is 2.50. The van der Waals surface area contributed by atoms with Crippen molar-refractivity contribution < 1.29 is 9.53 Å². The molecule has 0 saturated carbocycles. The van der Waals surface area contributed by atoms with Gasteiger partial charge in [-0.1, -0.05) is 41.7 Å². The Morgan fingerprint density at radius 2 is 1.90 bits per heavy atom. The molecular formula is C22H20N4O2S. The zero-order valence-electron chi connectivity index (χ0n) is 15.9. The lowest BCUT2D eigenvalue weighted by Crippen LogP contribution is -2.18. The number of nitrogens with one attached hydrogen (secondary N) is 2. The predicted octanol–water partition coefficient (Wildman–Crippen LogP) is 4.50. The molecule has 0 aliphatic heterocycles. The Hall–Kier alpha value is -3.45. The van der Waals surface area contributed by atoms with Crippen LogP contribution in [-0.2, 0) is 6.42 Å². The number of hydrogen-bond acceptors (Lipinski definition) is 6. The Kier molecular flexibility index (Phi) is 5.67. The van der Waals surface area contributed by atoms with E-state index in [2.05, 4.69) is 44.9 Å². The van der Waals surface area contributed by atoms with E-state index in [-0.39, 0.29) is 5.91 Å². The molecule has 4 rings (SSSR count). The molecule has 0 aliphatic rings. The number of carbonyl (C=O) groups excluding carboxylic acids is 1. The van der Waals surface area contributed by atoms with Crippen LogP contribution in [0.1, 0.15) is 16.1 Å². The van der Waals surface area contributed by atoms with Gasteiger partial charge < -0.3 is 15.4 Å². The van der Waals surface area contributed by atoms with E-state index in [4.69, 9.17) is 4.74 Å². The summed E-state index contributed by atoms with van der Waals surface area (Å²) in [4.78, 5) is 20.4. The maximum Gasteiger partial charge on any atom is 0.269 e. The van der Waals surface area contributed by atoms with E-state index in [9.17, 15) is 4.79 Å². The second-order valence-electron chi connectivity index (χ2n) is 6.37. The van der Waals surface area contributed by atoms with E-state index in [1.54, 1.807) is 36.7 Å². The van der Waals surface area contributed by atoms with Crippen molar-refractivity contribution in [3.8, 4) is 11.5 Å². The third kappa shape index (κ3) is 4.70. The zero-order chi connectivity index (χ0) is 20.1. The lowest BCUT2D eigenvalue weighted by atomic mass is 10.2. The normalized spacial score (nSPS) is 10.7. The molecule has 0 atom stereocenters. The number of hydrogen-bond donors (Lipinski definition) is 2. The van der Waals surface area contributed by atoms with E-state index in [1.165, 1.54) is 5.56 Å². The summed E-state index contributed by atoms with van der Waals surface area (Å²) in [6, 6.07) is 19.5. The first kappa shape index (κ1) is 18.9. The highest BCUT2D eigenvalue weighted by Gasteiger charge is 2.09. The number of rotatable bonds is 7. The molecule has 2 N–H and O–H groups in total. The van der Waals surface area contributed by atoms with Crippen LogP contribution in [0, 0.1) is 0 Å². The van der Waals surface area contributed by atoms with Gasteiger partial charge in [0, 0.05) is 31.9 Å². The molecule has 0 aliphatic carbocycles. The third-order valence-electron chi connectivity index (χ3n) is 4.32. The van der Waals surface area contributed by atoms with Crippen molar-refractivity contribution in [3.05, 3.63) is 78.1 Å². The van der Waals surface area contributed by atoms with Crippen molar-refractivity contribution in [1.29, 1.82) is 0 Å². The first-order chi connectivity index (χ1) is 14.2. The maximum atomic E-state index is 11.7. The standard InChI is InChI=1S/C22H20N4O2S/c1-23-21(27)19-13-17(10-12-24-19)28-16-7-8-18-20(14-16)29-22(26-18)25-11-9-15-5-3-2-4-6-15/h2-8,10,12-14H,9,11H2,1H3,(H,23,27)(H,25,26). The summed E-state index contributed by atoms with van der Waals surface area (Å²) in [5, 5.41) is 6.84. The smallest absolute Gasteiger partial charge is 0.269 e. The minimum absolute atomic E-state index is 0.250. The minimum Gasteiger partial charge on any atom is -0.457 e. The summed E-state index contributed by atoms with van der Waals surface area (Å²) in [5.41, 5.74) is 2.53. The topological polar surface area (TPSA) is 76.1 Å². The van der Waals surface area contributed by atoms with Gasteiger partial charge in [0.1, 0.15) is 17.2 Å². The summed E-state index contributed by atoms with van der Waals surface area (Å²) >= 11 is 1.59. The molecule has 4 aromatic rings. The number of ether oxygens (including phenoxy) is 1. The van der Waals surface area contributed by atoms with Gasteiger partial charge in [0.05, 0.1) is 10.2 Å². The van der Waals surface area contributed by atoms with E-state index < -0.39 is 0 Å². The Bertz CT molecular complexity index is 1130. The highest BCUT2D eigenvalue weighted by atomic mass is 32.1. The van der Waals surface area contributed by atoms with Gasteiger partial charge in [-0.3, -0.25) is 9.78 Å². The fourth-order valence-corrected chi connectivity index (χ4v) is 3.79. The zero-order valence-corrected chi connectivity index (χ0v) is 16.7. The fourth-order valence-electron chi connectivity index (χ4n) is 2.87. The molecule has 0 saturated heterocycles. The van der Waals surface area contributed by atoms with Crippen molar-refractivity contribution >= 4 is 32.6 Å². The van der Waals surface area contributed by atoms with E-state index >= 15 is 0 Å². The molecule has 6 nitrogen and oxygen atoms in total. The molecule has 0 fully saturated rings. The number of pyridine rings is 1. The SMILES string of the molecule is CNC(=O)c1cc(Oc2ccc3nc(NCCc4ccccc4)sc3c2)ccn1. The van der Waals surface area contributed by atoms with E-state index in [0.717, 1.165) is 28.3 Å². The largest absolute Gasteiger partial charge is 0.457 e. The van der Waals surface area contributed by atoms with Crippen LogP contribution in [0.25, 0.3) is 10.2 Å². The van der Waals surface area contributed by atoms with Crippen LogP contribution in [0.5, 0.6) is 11.5 Å². The van der Waals surface area contributed by atoms with Gasteiger partial charge in [-0.15, -0.1) is 0 Å². The summed E-state index contributed by atoms with van der Waals surface area (Å²) in [7, 11) is 1.57. The van der Waals surface area contributed by atoms with Crippen molar-refractivity contribution in [3.63, 3.8) is 0 Å². The number of carbonyl (C=O) groups is 1. The van der Waals surface area contributed by atoms with Gasteiger partial charge >= 0.3 is 0 Å². The number of thiazole rings is 1.